The zero-order valence-corrected chi connectivity index (χ0v) is 6.84. The van der Waals surface area contributed by atoms with Crippen LogP contribution in [0.4, 0.5) is 0 Å². The highest BCUT2D eigenvalue weighted by Gasteiger charge is 2.03. The second-order valence-electron chi connectivity index (χ2n) is 2.54. The Morgan fingerprint density at radius 1 is 1.73 bits per heavy atom. The summed E-state index contributed by atoms with van der Waals surface area (Å²) in [5, 5.41) is 11.2. The Morgan fingerprint density at radius 3 is 2.82 bits per heavy atom. The molecule has 0 aromatic carbocycles. The van der Waals surface area contributed by atoms with Gasteiger partial charge in [-0.3, -0.25) is 4.79 Å². The van der Waals surface area contributed by atoms with Gasteiger partial charge >= 0.3 is 0 Å². The van der Waals surface area contributed by atoms with E-state index in [4.69, 9.17) is 10.8 Å². The molecule has 0 aliphatic rings. The van der Waals surface area contributed by atoms with Crippen molar-refractivity contribution in [2.45, 2.75) is 25.8 Å². The number of hydrogen-bond acceptors (Lipinski definition) is 3. The Kier molecular flexibility index (Phi) is 5.78. The predicted molar refractivity (Wildman–Crippen MR) is 43.0 cm³/mol. The largest absolute Gasteiger partial charge is 0.394 e. The number of carbonyl (C=O) groups excluding carboxylic acids is 1. The number of carbonyl (C=O) groups is 1. The van der Waals surface area contributed by atoms with E-state index in [1.165, 1.54) is 0 Å². The number of amides is 1. The predicted octanol–water partition coefficient (Wildman–Crippen LogP) is -0.778. The standard InChI is InChI=1S/C7H16N2O2/c1-6(5-10)9-7(11)3-2-4-8/h6,10H,2-5,8H2,1H3,(H,9,11)/t6-/m0/s1. The highest BCUT2D eigenvalue weighted by Crippen LogP contribution is 1.87. The lowest BCUT2D eigenvalue weighted by Crippen LogP contribution is -2.35. The fraction of sp³-hybridized carbons (Fsp3) is 0.857. The van der Waals surface area contributed by atoms with Crippen molar-refractivity contribution in [3.05, 3.63) is 0 Å². The maximum atomic E-state index is 10.9. The van der Waals surface area contributed by atoms with Gasteiger partial charge in [0.2, 0.25) is 5.91 Å². The van der Waals surface area contributed by atoms with E-state index < -0.39 is 0 Å². The first-order valence-electron chi connectivity index (χ1n) is 3.81. The first-order valence-corrected chi connectivity index (χ1v) is 3.81. The zero-order chi connectivity index (χ0) is 8.69. The van der Waals surface area contributed by atoms with Gasteiger partial charge in [0.15, 0.2) is 0 Å². The van der Waals surface area contributed by atoms with Gasteiger partial charge in [-0.15, -0.1) is 0 Å². The van der Waals surface area contributed by atoms with E-state index in [9.17, 15) is 4.79 Å². The van der Waals surface area contributed by atoms with Crippen LogP contribution in [0.3, 0.4) is 0 Å². The van der Waals surface area contributed by atoms with E-state index in [0.717, 1.165) is 0 Å². The minimum Gasteiger partial charge on any atom is -0.394 e. The zero-order valence-electron chi connectivity index (χ0n) is 6.84. The molecule has 1 amide bonds. The number of hydrogen-bond donors (Lipinski definition) is 3. The molecule has 0 fully saturated rings. The lowest BCUT2D eigenvalue weighted by Gasteiger charge is -2.09. The molecule has 0 saturated carbocycles. The molecule has 0 aliphatic heterocycles. The summed E-state index contributed by atoms with van der Waals surface area (Å²) >= 11 is 0. The molecular formula is C7H16N2O2. The summed E-state index contributed by atoms with van der Waals surface area (Å²) in [6.45, 7) is 2.26. The van der Waals surface area contributed by atoms with Crippen molar-refractivity contribution in [2.24, 2.45) is 5.73 Å². The third-order valence-electron chi connectivity index (χ3n) is 1.29. The number of rotatable bonds is 5. The molecule has 0 radical (unpaired) electrons. The Morgan fingerprint density at radius 2 is 2.36 bits per heavy atom. The summed E-state index contributed by atoms with van der Waals surface area (Å²) in [7, 11) is 0. The van der Waals surface area contributed by atoms with Gasteiger partial charge in [0.25, 0.3) is 0 Å². The van der Waals surface area contributed by atoms with E-state index in [0.29, 0.717) is 19.4 Å². The number of nitrogens with two attached hydrogens (primary N) is 1. The lowest BCUT2D eigenvalue weighted by molar-refractivity contribution is -0.122. The van der Waals surface area contributed by atoms with E-state index in [1.54, 1.807) is 6.92 Å². The third-order valence-corrected chi connectivity index (χ3v) is 1.29. The molecule has 4 nitrogen and oxygen atoms in total. The van der Waals surface area contributed by atoms with Gasteiger partial charge in [0.05, 0.1) is 6.61 Å². The smallest absolute Gasteiger partial charge is 0.220 e. The number of aliphatic hydroxyl groups is 1. The molecule has 0 aromatic heterocycles. The monoisotopic (exact) mass is 160 g/mol. The van der Waals surface area contributed by atoms with Gasteiger partial charge < -0.3 is 16.2 Å². The molecule has 0 heterocycles. The fourth-order valence-corrected chi connectivity index (χ4v) is 0.655. The molecule has 0 aromatic rings. The van der Waals surface area contributed by atoms with E-state index in [-0.39, 0.29) is 18.6 Å². The average molecular weight is 160 g/mol. The van der Waals surface area contributed by atoms with E-state index in [1.807, 2.05) is 0 Å². The van der Waals surface area contributed by atoms with Crippen LogP contribution >= 0.6 is 0 Å². The molecule has 4 N–H and O–H groups in total. The third kappa shape index (κ3) is 5.82. The van der Waals surface area contributed by atoms with Crippen molar-refractivity contribution in [1.29, 1.82) is 0 Å². The summed E-state index contributed by atoms with van der Waals surface area (Å²) in [5.41, 5.74) is 5.21. The fourth-order valence-electron chi connectivity index (χ4n) is 0.655. The van der Waals surface area contributed by atoms with Crippen LogP contribution in [0.15, 0.2) is 0 Å². The summed E-state index contributed by atoms with van der Waals surface area (Å²) in [6.07, 6.45) is 1.14. The molecule has 0 rings (SSSR count). The lowest BCUT2D eigenvalue weighted by atomic mass is 10.2. The van der Waals surface area contributed by atoms with Crippen molar-refractivity contribution < 1.29 is 9.90 Å². The minimum atomic E-state index is -0.153. The van der Waals surface area contributed by atoms with Crippen LogP contribution in [0.5, 0.6) is 0 Å². The molecule has 0 aliphatic carbocycles. The van der Waals surface area contributed by atoms with Gasteiger partial charge in [-0.2, -0.15) is 0 Å². The molecule has 0 saturated heterocycles. The number of aliphatic hydroxyl groups excluding tert-OH is 1. The van der Waals surface area contributed by atoms with Crippen LogP contribution in [-0.2, 0) is 4.79 Å². The van der Waals surface area contributed by atoms with Crippen molar-refractivity contribution in [2.75, 3.05) is 13.2 Å². The summed E-state index contributed by atoms with van der Waals surface area (Å²) in [5.74, 6) is -0.0444. The Hall–Kier alpha value is -0.610. The Labute approximate surface area is 66.8 Å². The molecule has 0 bridgehead atoms. The summed E-state index contributed by atoms with van der Waals surface area (Å²) in [6, 6.07) is -0.153. The highest BCUT2D eigenvalue weighted by molar-refractivity contribution is 5.76. The van der Waals surface area contributed by atoms with Crippen molar-refractivity contribution in [1.82, 2.24) is 5.32 Å². The van der Waals surface area contributed by atoms with Gasteiger partial charge in [-0.05, 0) is 19.9 Å². The van der Waals surface area contributed by atoms with E-state index in [2.05, 4.69) is 5.32 Å². The molecule has 1 atom stereocenters. The van der Waals surface area contributed by atoms with Crippen LogP contribution in [-0.4, -0.2) is 30.2 Å². The molecule has 0 unspecified atom stereocenters. The second kappa shape index (κ2) is 6.12. The van der Waals surface area contributed by atoms with Gasteiger partial charge in [0.1, 0.15) is 0 Å². The second-order valence-corrected chi connectivity index (χ2v) is 2.54. The molecule has 11 heavy (non-hydrogen) atoms. The molecule has 0 spiro atoms. The quantitative estimate of drug-likeness (QED) is 0.494. The first-order chi connectivity index (χ1) is 5.20. The minimum absolute atomic E-state index is 0.0195. The molecule has 4 heteroatoms. The van der Waals surface area contributed by atoms with Crippen LogP contribution < -0.4 is 11.1 Å². The van der Waals surface area contributed by atoms with E-state index >= 15 is 0 Å². The summed E-state index contributed by atoms with van der Waals surface area (Å²) < 4.78 is 0. The highest BCUT2D eigenvalue weighted by atomic mass is 16.3. The van der Waals surface area contributed by atoms with Crippen LogP contribution in [0, 0.1) is 0 Å². The molecular weight excluding hydrogens is 144 g/mol. The van der Waals surface area contributed by atoms with Crippen molar-refractivity contribution in [3.63, 3.8) is 0 Å². The first kappa shape index (κ1) is 10.4. The SMILES string of the molecule is C[C@@H](CO)NC(=O)CCCN. The number of nitrogens with one attached hydrogen (secondary N) is 1. The van der Waals surface area contributed by atoms with Crippen LogP contribution in [0.2, 0.25) is 0 Å². The van der Waals surface area contributed by atoms with Gasteiger partial charge in [0, 0.05) is 12.5 Å². The normalized spacial score (nSPS) is 12.6. The van der Waals surface area contributed by atoms with Crippen molar-refractivity contribution in [3.8, 4) is 0 Å². The van der Waals surface area contributed by atoms with Crippen molar-refractivity contribution >= 4 is 5.91 Å². The topological polar surface area (TPSA) is 75.3 Å². The van der Waals surface area contributed by atoms with Crippen LogP contribution in [0.25, 0.3) is 0 Å². The van der Waals surface area contributed by atoms with Gasteiger partial charge in [-0.1, -0.05) is 0 Å². The average Bonchev–Trinajstić information content (AvgIpc) is 2.00. The maximum Gasteiger partial charge on any atom is 0.220 e. The molecule has 66 valence electrons. The van der Waals surface area contributed by atoms with Crippen LogP contribution in [0.1, 0.15) is 19.8 Å². The van der Waals surface area contributed by atoms with Gasteiger partial charge in [-0.25, -0.2) is 0 Å². The summed E-state index contributed by atoms with van der Waals surface area (Å²) in [4.78, 5) is 10.9. The Balaban J connectivity index is 3.36. The maximum absolute atomic E-state index is 10.9. The Bertz CT molecular complexity index is 117.